The van der Waals surface area contributed by atoms with Gasteiger partial charge >= 0.3 is 0 Å². The van der Waals surface area contributed by atoms with Gasteiger partial charge in [-0.1, -0.05) is 36.8 Å². The van der Waals surface area contributed by atoms with Crippen molar-refractivity contribution in [2.45, 2.75) is 58.0 Å². The molecule has 3 N–H and O–H groups in total. The Kier molecular flexibility index (Phi) is 6.08. The number of anilines is 1. The molecule has 136 valence electrons. The van der Waals surface area contributed by atoms with Gasteiger partial charge < -0.3 is 10.6 Å². The molecule has 0 saturated heterocycles. The summed E-state index contributed by atoms with van der Waals surface area (Å²) in [5.74, 6) is -0.0410. The van der Waals surface area contributed by atoms with Crippen molar-refractivity contribution in [3.63, 3.8) is 0 Å². The first kappa shape index (κ1) is 18.6. The zero-order valence-electron chi connectivity index (χ0n) is 15.4. The van der Waals surface area contributed by atoms with Gasteiger partial charge in [-0.05, 0) is 45.1 Å². The zero-order chi connectivity index (χ0) is 18.5. The van der Waals surface area contributed by atoms with Crippen LogP contribution in [0.5, 0.6) is 0 Å². The van der Waals surface area contributed by atoms with E-state index in [1.165, 1.54) is 28.8 Å². The Labute approximate surface area is 159 Å². The van der Waals surface area contributed by atoms with Crippen LogP contribution >= 0.6 is 11.3 Å². The number of nitrogens with zero attached hydrogens (tertiary/aromatic N) is 1. The molecule has 1 heterocycles. The van der Waals surface area contributed by atoms with Crippen LogP contribution in [0.15, 0.2) is 30.3 Å². The SMILES string of the molecule is C[C@@H]([NH2+][C@H](C)c1ccccc1)C(=O)Nc1sc2c(c1C#N)CCCCC2. The first-order valence-electron chi connectivity index (χ1n) is 9.35. The molecule has 2 atom stereocenters. The van der Waals surface area contributed by atoms with Crippen LogP contribution in [-0.2, 0) is 17.6 Å². The maximum atomic E-state index is 12.7. The van der Waals surface area contributed by atoms with Crippen LogP contribution in [0, 0.1) is 11.3 Å². The minimum atomic E-state index is -0.223. The molecule has 1 aliphatic carbocycles. The molecule has 3 rings (SSSR count). The van der Waals surface area contributed by atoms with Gasteiger partial charge in [-0.15, -0.1) is 11.3 Å². The predicted octanol–water partition coefficient (Wildman–Crippen LogP) is 3.54. The number of amides is 1. The summed E-state index contributed by atoms with van der Waals surface area (Å²) >= 11 is 1.59. The van der Waals surface area contributed by atoms with Crippen LogP contribution in [0.4, 0.5) is 5.00 Å². The van der Waals surface area contributed by atoms with Crippen LogP contribution in [0.2, 0.25) is 0 Å². The average Bonchev–Trinajstić information content (AvgIpc) is 2.81. The second-order valence-electron chi connectivity index (χ2n) is 7.05. The molecule has 0 aliphatic heterocycles. The molecule has 1 aliphatic rings. The predicted molar refractivity (Wildman–Crippen MR) is 105 cm³/mol. The molecule has 5 heteroatoms. The van der Waals surface area contributed by atoms with Crippen molar-refractivity contribution in [1.82, 2.24) is 0 Å². The van der Waals surface area contributed by atoms with Gasteiger partial charge in [0.15, 0.2) is 6.04 Å². The summed E-state index contributed by atoms with van der Waals surface area (Å²) < 4.78 is 0. The van der Waals surface area contributed by atoms with E-state index in [4.69, 9.17) is 0 Å². The number of carbonyl (C=O) groups excluding carboxylic acids is 1. The Balaban J connectivity index is 1.69. The van der Waals surface area contributed by atoms with E-state index < -0.39 is 0 Å². The lowest BCUT2D eigenvalue weighted by molar-refractivity contribution is -0.709. The Morgan fingerprint density at radius 2 is 1.92 bits per heavy atom. The van der Waals surface area contributed by atoms with Crippen LogP contribution in [0.1, 0.15) is 60.7 Å². The number of hydrogen-bond donors (Lipinski definition) is 2. The highest BCUT2D eigenvalue weighted by atomic mass is 32.1. The van der Waals surface area contributed by atoms with E-state index in [1.807, 2.05) is 25.1 Å². The third-order valence-corrected chi connectivity index (χ3v) is 6.29. The van der Waals surface area contributed by atoms with E-state index in [9.17, 15) is 10.1 Å². The highest BCUT2D eigenvalue weighted by Crippen LogP contribution is 2.36. The Morgan fingerprint density at radius 3 is 2.65 bits per heavy atom. The number of thiophene rings is 1. The summed E-state index contributed by atoms with van der Waals surface area (Å²) in [5.41, 5.74) is 3.05. The molecule has 4 nitrogen and oxygen atoms in total. The molecule has 26 heavy (non-hydrogen) atoms. The van der Waals surface area contributed by atoms with E-state index in [0.29, 0.717) is 5.56 Å². The lowest BCUT2D eigenvalue weighted by Crippen LogP contribution is -2.91. The molecule has 2 aromatic rings. The van der Waals surface area contributed by atoms with Gasteiger partial charge in [0.05, 0.1) is 5.56 Å². The van der Waals surface area contributed by atoms with Crippen molar-refractivity contribution in [2.24, 2.45) is 0 Å². The molecule has 0 fully saturated rings. The number of rotatable bonds is 5. The largest absolute Gasteiger partial charge is 0.330 e. The summed E-state index contributed by atoms with van der Waals surface area (Å²) in [6.45, 7) is 4.02. The summed E-state index contributed by atoms with van der Waals surface area (Å²) in [6.07, 6.45) is 5.50. The molecule has 1 aromatic heterocycles. The van der Waals surface area contributed by atoms with E-state index >= 15 is 0 Å². The third kappa shape index (κ3) is 4.14. The number of benzene rings is 1. The second-order valence-corrected chi connectivity index (χ2v) is 8.16. The number of nitrogens with one attached hydrogen (secondary N) is 1. The number of nitrogens with two attached hydrogens (primary N) is 1. The fourth-order valence-electron chi connectivity index (χ4n) is 3.56. The Bertz CT molecular complexity index is 807. The standard InChI is InChI=1S/C21H25N3OS/c1-14(16-9-5-3-6-10-16)23-15(2)20(25)24-21-18(13-22)17-11-7-4-8-12-19(17)26-21/h3,5-6,9-10,14-15,23H,4,7-8,11-12H2,1-2H3,(H,24,25)/p+1/t14-,15-/m1/s1. The van der Waals surface area contributed by atoms with Crippen molar-refractivity contribution < 1.29 is 10.1 Å². The van der Waals surface area contributed by atoms with E-state index in [-0.39, 0.29) is 18.0 Å². The van der Waals surface area contributed by atoms with Crippen molar-refractivity contribution in [3.05, 3.63) is 51.9 Å². The lowest BCUT2D eigenvalue weighted by atomic mass is 10.1. The van der Waals surface area contributed by atoms with Crippen LogP contribution in [0.25, 0.3) is 0 Å². The molecule has 0 spiro atoms. The van der Waals surface area contributed by atoms with Gasteiger partial charge in [0.2, 0.25) is 0 Å². The van der Waals surface area contributed by atoms with Gasteiger partial charge in [-0.3, -0.25) is 4.79 Å². The monoisotopic (exact) mass is 368 g/mol. The quantitative estimate of drug-likeness (QED) is 0.793. The molecule has 1 aromatic carbocycles. The zero-order valence-corrected chi connectivity index (χ0v) is 16.2. The van der Waals surface area contributed by atoms with Crippen molar-refractivity contribution >= 4 is 22.2 Å². The highest BCUT2D eigenvalue weighted by Gasteiger charge is 2.25. The molecule has 1 amide bonds. The van der Waals surface area contributed by atoms with Crippen molar-refractivity contribution in [2.75, 3.05) is 5.32 Å². The van der Waals surface area contributed by atoms with E-state index in [0.717, 1.165) is 24.3 Å². The summed E-state index contributed by atoms with van der Waals surface area (Å²) in [4.78, 5) is 14.0. The maximum absolute atomic E-state index is 12.7. The first-order valence-corrected chi connectivity index (χ1v) is 10.2. The van der Waals surface area contributed by atoms with Crippen LogP contribution < -0.4 is 10.6 Å². The molecular weight excluding hydrogens is 342 g/mol. The number of aryl methyl sites for hydroxylation is 1. The Hall–Kier alpha value is -2.16. The van der Waals surface area contributed by atoms with Gasteiger partial charge in [-0.2, -0.15) is 5.26 Å². The fraction of sp³-hybridized carbons (Fsp3) is 0.429. The van der Waals surface area contributed by atoms with E-state index in [1.54, 1.807) is 11.3 Å². The molecule has 0 unspecified atom stereocenters. The highest BCUT2D eigenvalue weighted by molar-refractivity contribution is 7.16. The molecule has 0 bridgehead atoms. The first-order chi connectivity index (χ1) is 12.6. The lowest BCUT2D eigenvalue weighted by Gasteiger charge is -2.16. The fourth-order valence-corrected chi connectivity index (χ4v) is 4.81. The molecule has 0 saturated carbocycles. The minimum Gasteiger partial charge on any atom is -0.330 e. The minimum absolute atomic E-state index is 0.0410. The van der Waals surface area contributed by atoms with Gasteiger partial charge in [0.25, 0.3) is 5.91 Å². The van der Waals surface area contributed by atoms with Gasteiger partial charge in [0.1, 0.15) is 17.1 Å². The van der Waals surface area contributed by atoms with Crippen molar-refractivity contribution in [1.29, 1.82) is 5.26 Å². The number of nitriles is 1. The second kappa shape index (κ2) is 8.48. The van der Waals surface area contributed by atoms with Crippen molar-refractivity contribution in [3.8, 4) is 6.07 Å². The summed E-state index contributed by atoms with van der Waals surface area (Å²) in [7, 11) is 0. The number of hydrogen-bond acceptors (Lipinski definition) is 3. The topological polar surface area (TPSA) is 69.5 Å². The smallest absolute Gasteiger partial charge is 0.282 e. The Morgan fingerprint density at radius 1 is 1.19 bits per heavy atom. The summed E-state index contributed by atoms with van der Waals surface area (Å²) in [6, 6.07) is 12.5. The maximum Gasteiger partial charge on any atom is 0.282 e. The van der Waals surface area contributed by atoms with Gasteiger partial charge in [-0.25, -0.2) is 0 Å². The van der Waals surface area contributed by atoms with E-state index in [2.05, 4.69) is 35.8 Å². The molecule has 0 radical (unpaired) electrons. The van der Waals surface area contributed by atoms with Crippen LogP contribution in [0.3, 0.4) is 0 Å². The van der Waals surface area contributed by atoms with Gasteiger partial charge in [0, 0.05) is 10.4 Å². The summed E-state index contributed by atoms with van der Waals surface area (Å²) in [5, 5.41) is 15.4. The number of fused-ring (bicyclic) bond motifs is 1. The molecular formula is C21H26N3OS+. The normalized spacial score (nSPS) is 16.0. The van der Waals surface area contributed by atoms with Crippen LogP contribution in [-0.4, -0.2) is 11.9 Å². The third-order valence-electron chi connectivity index (χ3n) is 5.09. The number of carbonyl (C=O) groups is 1. The average molecular weight is 369 g/mol. The number of quaternary nitrogens is 1.